The van der Waals surface area contributed by atoms with Crippen LogP contribution in [0.1, 0.15) is 29.2 Å². The summed E-state index contributed by atoms with van der Waals surface area (Å²) in [4.78, 5) is 0. The van der Waals surface area contributed by atoms with Crippen LogP contribution in [0.3, 0.4) is 0 Å². The van der Waals surface area contributed by atoms with E-state index in [4.69, 9.17) is 16.0 Å². The van der Waals surface area contributed by atoms with Crippen LogP contribution in [0, 0.1) is 20.8 Å². The van der Waals surface area contributed by atoms with Gasteiger partial charge in [-0.2, -0.15) is 0 Å². The first-order valence-corrected chi connectivity index (χ1v) is 15.3. The number of benzene rings is 4. The molecule has 0 bridgehead atoms. The summed E-state index contributed by atoms with van der Waals surface area (Å²) in [6, 6.07) is 34.1. The van der Waals surface area contributed by atoms with Crippen LogP contribution < -0.4 is 20.7 Å². The molecule has 0 heterocycles. The Morgan fingerprint density at radius 2 is 1.14 bits per heavy atom. The quantitative estimate of drug-likeness (QED) is 0.236. The van der Waals surface area contributed by atoms with Crippen molar-refractivity contribution in [3.8, 4) is 5.75 Å². The van der Waals surface area contributed by atoms with E-state index in [0.29, 0.717) is 0 Å². The molecule has 0 fully saturated rings. The Hall–Kier alpha value is -2.86. The van der Waals surface area contributed by atoms with Crippen molar-refractivity contribution in [2.45, 2.75) is 33.4 Å². The van der Waals surface area contributed by atoms with Gasteiger partial charge in [0, 0.05) is 0 Å². The van der Waals surface area contributed by atoms with E-state index in [1.807, 2.05) is 0 Å². The molecule has 0 N–H and O–H groups in total. The Balaban J connectivity index is 2.00. The average molecular weight is 501 g/mol. The Morgan fingerprint density at radius 3 is 1.54 bits per heavy atom. The normalized spacial score (nSPS) is 13.8. The second-order valence-electron chi connectivity index (χ2n) is 9.24. The molecule has 0 saturated carbocycles. The second-order valence-corrected chi connectivity index (χ2v) is 15.9. The van der Waals surface area contributed by atoms with E-state index in [1.54, 1.807) is 7.11 Å². The molecule has 4 aromatic carbocycles. The molecular formula is C32H34ClOP. The van der Waals surface area contributed by atoms with Crippen LogP contribution in [0.4, 0.5) is 0 Å². The van der Waals surface area contributed by atoms with Gasteiger partial charge in [0.15, 0.2) is 0 Å². The maximum absolute atomic E-state index is 8.31. The number of halogens is 1. The zero-order valence-electron chi connectivity index (χ0n) is 21.2. The van der Waals surface area contributed by atoms with Gasteiger partial charge < -0.3 is 0 Å². The van der Waals surface area contributed by atoms with Crippen LogP contribution >= 0.6 is 17.2 Å². The number of aryl methyl sites for hydroxylation is 1. The summed E-state index contributed by atoms with van der Waals surface area (Å²) in [5.74, 6) is -2.48. The molecule has 0 saturated heterocycles. The molecule has 0 spiro atoms. The van der Waals surface area contributed by atoms with Crippen LogP contribution in [0.2, 0.25) is 0 Å². The van der Waals surface area contributed by atoms with Crippen molar-refractivity contribution >= 4 is 39.2 Å². The third-order valence-corrected chi connectivity index (χ3v) is 15.7. The summed E-state index contributed by atoms with van der Waals surface area (Å²) in [7, 11) is 1.73. The first-order chi connectivity index (χ1) is 16.8. The molecule has 1 unspecified atom stereocenters. The fourth-order valence-electron chi connectivity index (χ4n) is 5.24. The Labute approximate surface area is 215 Å². The minimum absolute atomic E-state index is 0.0380. The molecule has 4 aromatic rings. The van der Waals surface area contributed by atoms with E-state index in [1.165, 1.54) is 38.2 Å². The van der Waals surface area contributed by atoms with Gasteiger partial charge in [0.25, 0.3) is 0 Å². The molecule has 1 atom stereocenters. The van der Waals surface area contributed by atoms with E-state index in [2.05, 4.69) is 137 Å². The maximum atomic E-state index is 8.31. The molecule has 0 aliphatic heterocycles. The molecule has 0 aliphatic carbocycles. The van der Waals surface area contributed by atoms with E-state index in [0.717, 1.165) is 5.75 Å². The van der Waals surface area contributed by atoms with Crippen LogP contribution in [-0.4, -0.2) is 12.8 Å². The van der Waals surface area contributed by atoms with E-state index >= 15 is 0 Å². The number of ether oxygens (including phenoxy) is 1. The molecule has 0 amide bonds. The van der Waals surface area contributed by atoms with Crippen molar-refractivity contribution in [3.63, 3.8) is 0 Å². The van der Waals surface area contributed by atoms with Gasteiger partial charge >= 0.3 is 216 Å². The van der Waals surface area contributed by atoms with Crippen molar-refractivity contribution in [2.24, 2.45) is 0 Å². The molecule has 4 rings (SSSR count). The molecule has 0 aliphatic rings. The van der Waals surface area contributed by atoms with Gasteiger partial charge in [0.05, 0.1) is 0 Å². The van der Waals surface area contributed by atoms with Gasteiger partial charge in [-0.25, -0.2) is 0 Å². The average Bonchev–Trinajstić information content (AvgIpc) is 2.91. The summed E-state index contributed by atoms with van der Waals surface area (Å²) >= 11 is 8.31. The number of methoxy groups -OCH3 is 1. The third-order valence-electron chi connectivity index (χ3n) is 7.42. The third kappa shape index (κ3) is 4.12. The molecule has 0 radical (unpaired) electrons. The van der Waals surface area contributed by atoms with Crippen molar-refractivity contribution < 1.29 is 4.74 Å². The number of hydrogen-bond donors (Lipinski definition) is 0. The Morgan fingerprint density at radius 1 is 0.714 bits per heavy atom. The fraction of sp³-hybridized carbons (Fsp3) is 0.188. The summed E-state index contributed by atoms with van der Waals surface area (Å²) in [5, 5.41) is 3.53. The van der Waals surface area contributed by atoms with Crippen molar-refractivity contribution in [1.82, 2.24) is 0 Å². The van der Waals surface area contributed by atoms with Gasteiger partial charge in [-0.15, -0.1) is 0 Å². The van der Waals surface area contributed by atoms with Gasteiger partial charge in [0.1, 0.15) is 0 Å². The van der Waals surface area contributed by atoms with Gasteiger partial charge in [-0.3, -0.25) is 0 Å². The molecule has 1 nitrogen and oxygen atoms in total. The van der Waals surface area contributed by atoms with E-state index in [-0.39, 0.29) is 5.66 Å². The van der Waals surface area contributed by atoms with E-state index < -0.39 is 5.96 Å². The molecular weight excluding hydrogens is 467 g/mol. The zero-order valence-corrected chi connectivity index (χ0v) is 22.9. The van der Waals surface area contributed by atoms with Gasteiger partial charge in [-0.1, -0.05) is 0 Å². The number of hydrogen-bond acceptors (Lipinski definition) is 1. The number of allylic oxidation sites excluding steroid dienone is 1. The standard InChI is InChI=1S/C32H34ClOP/c1-24-23-32(34-5)27(4)26(3)31(24)22-21-25(2)35(33,28-15-9-6-10-16-28,29-17-11-7-12-18-29)30-19-13-8-14-20-30/h6-23,25H,1-5H3. The Bertz CT molecular complexity index is 1230. The minimum atomic E-state index is -3.41. The van der Waals surface area contributed by atoms with E-state index in [9.17, 15) is 0 Å². The van der Waals surface area contributed by atoms with Crippen LogP contribution in [0.25, 0.3) is 6.08 Å². The molecule has 0 aromatic heterocycles. The molecule has 35 heavy (non-hydrogen) atoms. The van der Waals surface area contributed by atoms with Crippen LogP contribution in [0.15, 0.2) is 103 Å². The van der Waals surface area contributed by atoms with Gasteiger partial charge in [-0.05, 0) is 0 Å². The van der Waals surface area contributed by atoms with Crippen LogP contribution in [-0.2, 0) is 0 Å². The summed E-state index contributed by atoms with van der Waals surface area (Å²) in [6.45, 7) is 8.70. The Kier molecular flexibility index (Phi) is 7.22. The predicted molar refractivity (Wildman–Crippen MR) is 157 cm³/mol. The first-order valence-electron chi connectivity index (χ1n) is 12.1. The zero-order chi connectivity index (χ0) is 25.1. The second kappa shape index (κ2) is 10.0. The summed E-state index contributed by atoms with van der Waals surface area (Å²) in [6.07, 6.45) is 4.58. The molecule has 180 valence electrons. The van der Waals surface area contributed by atoms with Crippen molar-refractivity contribution in [1.29, 1.82) is 0 Å². The summed E-state index contributed by atoms with van der Waals surface area (Å²) < 4.78 is 5.59. The van der Waals surface area contributed by atoms with Crippen LogP contribution in [0.5, 0.6) is 5.75 Å². The topological polar surface area (TPSA) is 9.23 Å². The summed E-state index contributed by atoms with van der Waals surface area (Å²) in [5.41, 5.74) is 4.87. The SMILES string of the molecule is COc1cc(C)c(C=CC(C)P(Cl)(c2ccccc2)(c2ccccc2)c2ccccc2)c(C)c1C. The fourth-order valence-corrected chi connectivity index (χ4v) is 11.4. The van der Waals surface area contributed by atoms with Gasteiger partial charge in [0.2, 0.25) is 0 Å². The first kappa shape index (κ1) is 25.2. The monoisotopic (exact) mass is 500 g/mol. The van der Waals surface area contributed by atoms with Crippen molar-refractivity contribution in [3.05, 3.63) is 125 Å². The van der Waals surface area contributed by atoms with Crippen molar-refractivity contribution in [2.75, 3.05) is 7.11 Å². The predicted octanol–water partition coefficient (Wildman–Crippen LogP) is 7.71. The number of rotatable bonds is 7. The molecule has 3 heteroatoms.